The number of rotatable bonds is 9. The molecule has 0 amide bonds. The van der Waals surface area contributed by atoms with E-state index in [4.69, 9.17) is 10.2 Å². The molecule has 0 bridgehead atoms. The molecule has 4 nitrogen and oxygen atoms in total. The second kappa shape index (κ2) is 8.14. The first kappa shape index (κ1) is 14.1. The van der Waals surface area contributed by atoms with Crippen molar-refractivity contribution in [2.24, 2.45) is 0 Å². The van der Waals surface area contributed by atoms with Gasteiger partial charge in [-0.2, -0.15) is 0 Å². The average molecular weight is 239 g/mol. The fraction of sp³-hybridized carbons (Fsp3) is 0.692. The van der Waals surface area contributed by atoms with E-state index in [1.807, 2.05) is 6.07 Å². The quantitative estimate of drug-likeness (QED) is 0.648. The van der Waals surface area contributed by atoms with E-state index in [9.17, 15) is 0 Å². The lowest BCUT2D eigenvalue weighted by atomic mass is 10.3. The van der Waals surface area contributed by atoms with Gasteiger partial charge in [0.2, 0.25) is 0 Å². The summed E-state index contributed by atoms with van der Waals surface area (Å²) in [5, 5.41) is 3.36. The minimum atomic E-state index is 0.489. The molecule has 3 N–H and O–H groups in total. The number of nitrogens with zero attached hydrogens (tertiary/aromatic N) is 1. The molecule has 0 saturated carbocycles. The van der Waals surface area contributed by atoms with E-state index in [-0.39, 0.29) is 0 Å². The van der Waals surface area contributed by atoms with Crippen LogP contribution in [0, 0.1) is 0 Å². The zero-order chi connectivity index (χ0) is 12.5. The molecule has 98 valence electrons. The molecule has 4 heteroatoms. The summed E-state index contributed by atoms with van der Waals surface area (Å²) in [6, 6.07) is 3.70. The van der Waals surface area contributed by atoms with Crippen LogP contribution in [0.2, 0.25) is 0 Å². The topological polar surface area (TPSA) is 54.4 Å². The normalized spacial score (nSPS) is 11.2. The van der Waals surface area contributed by atoms with E-state index in [0.717, 1.165) is 31.9 Å². The van der Waals surface area contributed by atoms with E-state index in [1.54, 1.807) is 6.07 Å². The van der Waals surface area contributed by atoms with Gasteiger partial charge in [0.05, 0.1) is 6.54 Å². The highest BCUT2D eigenvalue weighted by atomic mass is 16.4. The van der Waals surface area contributed by atoms with E-state index < -0.39 is 0 Å². The lowest BCUT2D eigenvalue weighted by Crippen LogP contribution is -2.25. The third-order valence-corrected chi connectivity index (χ3v) is 2.95. The molecule has 0 radical (unpaired) electrons. The maximum Gasteiger partial charge on any atom is 0.190 e. The number of hydrogen-bond donors (Lipinski definition) is 2. The third-order valence-electron chi connectivity index (χ3n) is 2.95. The first-order valence-corrected chi connectivity index (χ1v) is 6.53. The van der Waals surface area contributed by atoms with E-state index in [2.05, 4.69) is 24.1 Å². The van der Waals surface area contributed by atoms with Crippen LogP contribution < -0.4 is 11.1 Å². The summed E-state index contributed by atoms with van der Waals surface area (Å²) < 4.78 is 5.27. The van der Waals surface area contributed by atoms with Crippen molar-refractivity contribution in [3.05, 3.63) is 17.9 Å². The molecule has 0 aliphatic rings. The summed E-state index contributed by atoms with van der Waals surface area (Å²) in [6.45, 7) is 9.71. The zero-order valence-corrected chi connectivity index (χ0v) is 11.0. The van der Waals surface area contributed by atoms with Crippen molar-refractivity contribution in [1.82, 2.24) is 10.2 Å². The zero-order valence-electron chi connectivity index (χ0n) is 11.0. The van der Waals surface area contributed by atoms with E-state index >= 15 is 0 Å². The highest BCUT2D eigenvalue weighted by Gasteiger charge is 1.99. The standard InChI is InChI=1S/C13H25N3O/c1-3-16(4-2)10-6-5-9-15-11-12-7-8-13(14)17-12/h7-8,15H,3-6,9-11,14H2,1-2H3. The molecule has 1 aromatic heterocycles. The van der Waals surface area contributed by atoms with Crippen molar-refractivity contribution in [3.8, 4) is 0 Å². The number of unbranched alkanes of at least 4 members (excludes halogenated alkanes) is 1. The Kier molecular flexibility index (Phi) is 6.74. The lowest BCUT2D eigenvalue weighted by Gasteiger charge is -2.17. The Morgan fingerprint density at radius 1 is 1.24 bits per heavy atom. The van der Waals surface area contributed by atoms with Gasteiger partial charge in [0.1, 0.15) is 5.76 Å². The molecule has 17 heavy (non-hydrogen) atoms. The largest absolute Gasteiger partial charge is 0.445 e. The van der Waals surface area contributed by atoms with Gasteiger partial charge in [-0.05, 0) is 45.1 Å². The first-order chi connectivity index (χ1) is 8.26. The van der Waals surface area contributed by atoms with Crippen molar-refractivity contribution in [2.45, 2.75) is 33.2 Å². The van der Waals surface area contributed by atoms with Crippen molar-refractivity contribution in [2.75, 3.05) is 31.9 Å². The molecule has 0 aromatic carbocycles. The fourth-order valence-corrected chi connectivity index (χ4v) is 1.83. The fourth-order valence-electron chi connectivity index (χ4n) is 1.83. The van der Waals surface area contributed by atoms with Gasteiger partial charge in [-0.25, -0.2) is 0 Å². The predicted octanol–water partition coefficient (Wildman–Crippen LogP) is 2.07. The van der Waals surface area contributed by atoms with Gasteiger partial charge in [-0.1, -0.05) is 13.8 Å². The molecule has 1 aromatic rings. The number of nitrogens with two attached hydrogens (primary N) is 1. The molecule has 1 heterocycles. The van der Waals surface area contributed by atoms with Crippen molar-refractivity contribution in [3.63, 3.8) is 0 Å². The number of anilines is 1. The molecule has 0 atom stereocenters. The summed E-state index contributed by atoms with van der Waals surface area (Å²) in [7, 11) is 0. The molecule has 1 rings (SSSR count). The van der Waals surface area contributed by atoms with Crippen LogP contribution in [0.1, 0.15) is 32.4 Å². The lowest BCUT2D eigenvalue weighted by molar-refractivity contribution is 0.296. The third kappa shape index (κ3) is 5.75. The van der Waals surface area contributed by atoms with E-state index in [1.165, 1.54) is 19.4 Å². The van der Waals surface area contributed by atoms with Crippen LogP contribution in [0.25, 0.3) is 0 Å². The van der Waals surface area contributed by atoms with Crippen LogP contribution in [0.15, 0.2) is 16.5 Å². The Labute approximate surface area is 104 Å². The highest BCUT2D eigenvalue weighted by Crippen LogP contribution is 2.08. The van der Waals surface area contributed by atoms with Crippen LogP contribution in [0.4, 0.5) is 5.88 Å². The second-order valence-corrected chi connectivity index (χ2v) is 4.21. The Balaban J connectivity index is 1.97. The molecule has 0 saturated heterocycles. The number of hydrogen-bond acceptors (Lipinski definition) is 4. The maximum absolute atomic E-state index is 5.49. The minimum absolute atomic E-state index is 0.489. The Bertz CT molecular complexity index is 295. The Morgan fingerprint density at radius 2 is 2.00 bits per heavy atom. The number of furan rings is 1. The molecule has 0 aliphatic heterocycles. The summed E-state index contributed by atoms with van der Waals surface area (Å²) in [5.41, 5.74) is 5.49. The molecule has 0 unspecified atom stereocenters. The van der Waals surface area contributed by atoms with Gasteiger partial charge < -0.3 is 20.4 Å². The molecular weight excluding hydrogens is 214 g/mol. The molecular formula is C13H25N3O. The Morgan fingerprint density at radius 3 is 2.59 bits per heavy atom. The van der Waals surface area contributed by atoms with Crippen molar-refractivity contribution >= 4 is 5.88 Å². The van der Waals surface area contributed by atoms with Gasteiger partial charge in [0, 0.05) is 6.07 Å². The van der Waals surface area contributed by atoms with Gasteiger partial charge in [0.25, 0.3) is 0 Å². The van der Waals surface area contributed by atoms with Crippen LogP contribution in [-0.2, 0) is 6.54 Å². The van der Waals surface area contributed by atoms with Gasteiger partial charge in [-0.15, -0.1) is 0 Å². The van der Waals surface area contributed by atoms with Gasteiger partial charge in [0.15, 0.2) is 5.88 Å². The second-order valence-electron chi connectivity index (χ2n) is 4.21. The number of nitrogen functional groups attached to an aromatic ring is 1. The number of nitrogens with one attached hydrogen (secondary N) is 1. The summed E-state index contributed by atoms with van der Waals surface area (Å²) in [6.07, 6.45) is 2.45. The van der Waals surface area contributed by atoms with Crippen molar-refractivity contribution in [1.29, 1.82) is 0 Å². The van der Waals surface area contributed by atoms with Gasteiger partial charge in [-0.3, -0.25) is 0 Å². The van der Waals surface area contributed by atoms with Crippen LogP contribution in [0.3, 0.4) is 0 Å². The molecule has 0 fully saturated rings. The molecule has 0 aliphatic carbocycles. The predicted molar refractivity (Wildman–Crippen MR) is 71.8 cm³/mol. The van der Waals surface area contributed by atoms with Crippen LogP contribution in [0.5, 0.6) is 0 Å². The van der Waals surface area contributed by atoms with Crippen LogP contribution >= 0.6 is 0 Å². The minimum Gasteiger partial charge on any atom is -0.445 e. The smallest absolute Gasteiger partial charge is 0.190 e. The highest BCUT2D eigenvalue weighted by molar-refractivity contribution is 5.25. The van der Waals surface area contributed by atoms with Crippen molar-refractivity contribution < 1.29 is 4.42 Å². The molecule has 0 spiro atoms. The maximum atomic E-state index is 5.49. The monoisotopic (exact) mass is 239 g/mol. The summed E-state index contributed by atoms with van der Waals surface area (Å²) in [4.78, 5) is 2.45. The van der Waals surface area contributed by atoms with Crippen LogP contribution in [-0.4, -0.2) is 31.1 Å². The SMILES string of the molecule is CCN(CC)CCCCNCc1ccc(N)o1. The summed E-state index contributed by atoms with van der Waals surface area (Å²) >= 11 is 0. The van der Waals surface area contributed by atoms with Gasteiger partial charge >= 0.3 is 0 Å². The summed E-state index contributed by atoms with van der Waals surface area (Å²) in [5.74, 6) is 1.40. The average Bonchev–Trinajstić information content (AvgIpc) is 2.74. The first-order valence-electron chi connectivity index (χ1n) is 6.53. The Hall–Kier alpha value is -1.00. The van der Waals surface area contributed by atoms with E-state index in [0.29, 0.717) is 5.88 Å².